The fourth-order valence-corrected chi connectivity index (χ4v) is 2.99. The summed E-state index contributed by atoms with van der Waals surface area (Å²) in [6.07, 6.45) is 17.7. The molecule has 0 amide bonds. The molecular weight excluding hydrogens is 240 g/mol. The third-order valence-electron chi connectivity index (χ3n) is 3.21. The molecule has 0 saturated carbocycles. The van der Waals surface area contributed by atoms with Gasteiger partial charge in [-0.3, -0.25) is 0 Å². The first-order valence-electron chi connectivity index (χ1n) is 7.41. The minimum Gasteiger partial charge on any atom is -0.240 e. The largest absolute Gasteiger partial charge is 0.244 e. The fraction of sp³-hybridized carbons (Fsp3) is 0.800. The molecule has 1 rings (SSSR count). The van der Waals surface area contributed by atoms with Crippen LogP contribution in [-0.2, 0) is 12.9 Å². The van der Waals surface area contributed by atoms with Crippen LogP contribution in [0.25, 0.3) is 0 Å². The number of rotatable bonds is 11. The monoisotopic (exact) mass is 269 g/mol. The van der Waals surface area contributed by atoms with E-state index in [0.29, 0.717) is 0 Å². The topological polar surface area (TPSA) is 8.81 Å². The summed E-state index contributed by atoms with van der Waals surface area (Å²) in [6.45, 7) is 2.28. The highest BCUT2D eigenvalue weighted by Gasteiger charge is 1.99. The van der Waals surface area contributed by atoms with Crippen molar-refractivity contribution in [1.29, 1.82) is 0 Å². The van der Waals surface area contributed by atoms with E-state index in [-0.39, 0.29) is 0 Å². The van der Waals surface area contributed by atoms with Gasteiger partial charge < -0.3 is 0 Å². The van der Waals surface area contributed by atoms with Gasteiger partial charge in [-0.25, -0.2) is 9.13 Å². The molecule has 0 unspecified atom stereocenters. The van der Waals surface area contributed by atoms with Gasteiger partial charge >= 0.3 is 0 Å². The van der Waals surface area contributed by atoms with E-state index in [1.165, 1.54) is 57.1 Å². The van der Waals surface area contributed by atoms with Gasteiger partial charge in [0.2, 0.25) is 6.33 Å². The van der Waals surface area contributed by atoms with Crippen LogP contribution in [0.5, 0.6) is 0 Å². The minimum atomic E-state index is 1.09. The molecule has 0 aliphatic carbocycles. The summed E-state index contributed by atoms with van der Waals surface area (Å²) >= 11 is 2.04. The highest BCUT2D eigenvalue weighted by Crippen LogP contribution is 2.12. The standard InChI is InChI=1S/C15H29N2S/c1-3-4-5-6-7-8-9-10-13-18-15-17-12-11-16(2)14-17/h11-12,14H,3-10,13,15H2,1-2H3/q+1. The third-order valence-corrected chi connectivity index (χ3v) is 4.26. The number of thioether (sulfide) groups is 1. The molecule has 1 heterocycles. The van der Waals surface area contributed by atoms with Crippen molar-refractivity contribution in [3.8, 4) is 0 Å². The van der Waals surface area contributed by atoms with Gasteiger partial charge in [0.05, 0.1) is 7.05 Å². The molecule has 2 nitrogen and oxygen atoms in total. The van der Waals surface area contributed by atoms with E-state index in [1.54, 1.807) is 0 Å². The predicted molar refractivity (Wildman–Crippen MR) is 80.7 cm³/mol. The van der Waals surface area contributed by atoms with E-state index in [0.717, 1.165) is 5.88 Å². The Balaban J connectivity index is 1.81. The molecule has 18 heavy (non-hydrogen) atoms. The number of aromatic nitrogens is 2. The van der Waals surface area contributed by atoms with Gasteiger partial charge in [0.25, 0.3) is 0 Å². The Morgan fingerprint density at radius 1 is 1.00 bits per heavy atom. The summed E-state index contributed by atoms with van der Waals surface area (Å²) in [5, 5.41) is 0. The first kappa shape index (κ1) is 15.6. The number of aryl methyl sites for hydroxylation is 1. The molecule has 1 aromatic heterocycles. The Morgan fingerprint density at radius 2 is 1.67 bits per heavy atom. The van der Waals surface area contributed by atoms with Gasteiger partial charge in [-0.05, 0) is 12.2 Å². The molecule has 3 heteroatoms. The summed E-state index contributed by atoms with van der Waals surface area (Å²) in [5.74, 6) is 2.40. The van der Waals surface area contributed by atoms with Crippen molar-refractivity contribution in [2.24, 2.45) is 7.05 Å². The molecule has 0 aromatic carbocycles. The molecule has 0 aliphatic rings. The summed E-state index contributed by atoms with van der Waals surface area (Å²) in [7, 11) is 2.07. The summed E-state index contributed by atoms with van der Waals surface area (Å²) in [5.41, 5.74) is 0. The molecular formula is C15H29N2S+. The zero-order chi connectivity index (χ0) is 13.1. The minimum absolute atomic E-state index is 1.09. The highest BCUT2D eigenvalue weighted by atomic mass is 32.2. The maximum absolute atomic E-state index is 2.28. The fourth-order valence-electron chi connectivity index (χ4n) is 2.09. The lowest BCUT2D eigenvalue weighted by molar-refractivity contribution is -0.670. The van der Waals surface area contributed by atoms with Crippen molar-refractivity contribution < 1.29 is 4.57 Å². The summed E-state index contributed by atoms with van der Waals surface area (Å²) in [6, 6.07) is 0. The Hall–Kier alpha value is -0.440. The molecule has 0 bridgehead atoms. The van der Waals surface area contributed by atoms with E-state index in [9.17, 15) is 0 Å². The first-order chi connectivity index (χ1) is 8.83. The molecule has 0 atom stereocenters. The molecule has 104 valence electrons. The van der Waals surface area contributed by atoms with Gasteiger partial charge in [0.15, 0.2) is 0 Å². The van der Waals surface area contributed by atoms with E-state index < -0.39 is 0 Å². The van der Waals surface area contributed by atoms with E-state index >= 15 is 0 Å². The van der Waals surface area contributed by atoms with Gasteiger partial charge in [-0.15, -0.1) is 11.8 Å². The molecule has 0 fully saturated rings. The van der Waals surface area contributed by atoms with Crippen molar-refractivity contribution in [3.63, 3.8) is 0 Å². The van der Waals surface area contributed by atoms with Crippen LogP contribution in [0.3, 0.4) is 0 Å². The van der Waals surface area contributed by atoms with E-state index in [4.69, 9.17) is 0 Å². The van der Waals surface area contributed by atoms with Crippen LogP contribution in [0.15, 0.2) is 18.7 Å². The van der Waals surface area contributed by atoms with Gasteiger partial charge in [-0.2, -0.15) is 0 Å². The maximum Gasteiger partial charge on any atom is 0.244 e. The summed E-state index contributed by atoms with van der Waals surface area (Å²) in [4.78, 5) is 0. The molecule has 0 saturated heterocycles. The van der Waals surface area contributed by atoms with Gasteiger partial charge in [0, 0.05) is 0 Å². The Bertz CT molecular complexity index is 296. The van der Waals surface area contributed by atoms with Crippen LogP contribution in [0.4, 0.5) is 0 Å². The van der Waals surface area contributed by atoms with Crippen molar-refractivity contribution in [2.45, 2.75) is 64.2 Å². The van der Waals surface area contributed by atoms with Crippen LogP contribution in [0.2, 0.25) is 0 Å². The van der Waals surface area contributed by atoms with Crippen LogP contribution >= 0.6 is 11.8 Å². The van der Waals surface area contributed by atoms with Crippen molar-refractivity contribution in [3.05, 3.63) is 18.7 Å². The molecule has 0 N–H and O–H groups in total. The molecule has 0 spiro atoms. The van der Waals surface area contributed by atoms with Crippen LogP contribution in [0, 0.1) is 0 Å². The Kier molecular flexibility index (Phi) is 9.09. The Labute approximate surface area is 117 Å². The molecule has 0 radical (unpaired) electrons. The second kappa shape index (κ2) is 10.5. The highest BCUT2D eigenvalue weighted by molar-refractivity contribution is 7.98. The normalized spacial score (nSPS) is 11.0. The Morgan fingerprint density at radius 3 is 2.28 bits per heavy atom. The average molecular weight is 269 g/mol. The van der Waals surface area contributed by atoms with Crippen LogP contribution in [-0.4, -0.2) is 10.3 Å². The smallest absolute Gasteiger partial charge is 0.240 e. The van der Waals surface area contributed by atoms with Crippen molar-refractivity contribution in [2.75, 3.05) is 5.75 Å². The lowest BCUT2D eigenvalue weighted by Gasteiger charge is -2.01. The average Bonchev–Trinajstić information content (AvgIpc) is 2.77. The maximum atomic E-state index is 2.28. The SMILES string of the molecule is CCCCCCCCCCSCn1cc[n+](C)c1. The second-order valence-electron chi connectivity index (χ2n) is 5.11. The van der Waals surface area contributed by atoms with Crippen molar-refractivity contribution in [1.82, 2.24) is 4.57 Å². The number of hydrogen-bond donors (Lipinski definition) is 0. The molecule has 1 aromatic rings. The first-order valence-corrected chi connectivity index (χ1v) is 8.57. The summed E-state index contributed by atoms with van der Waals surface area (Å²) < 4.78 is 4.34. The zero-order valence-corrected chi connectivity index (χ0v) is 12.9. The van der Waals surface area contributed by atoms with Gasteiger partial charge in [0.1, 0.15) is 18.3 Å². The number of nitrogens with zero attached hydrogens (tertiary/aromatic N) is 2. The number of unbranched alkanes of at least 4 members (excludes halogenated alkanes) is 7. The van der Waals surface area contributed by atoms with Crippen molar-refractivity contribution >= 4 is 11.8 Å². The number of hydrogen-bond acceptors (Lipinski definition) is 1. The second-order valence-corrected chi connectivity index (χ2v) is 6.18. The quantitative estimate of drug-likeness (QED) is 0.433. The van der Waals surface area contributed by atoms with Gasteiger partial charge in [-0.1, -0.05) is 51.9 Å². The lowest BCUT2D eigenvalue weighted by atomic mass is 10.1. The third kappa shape index (κ3) is 7.80. The van der Waals surface area contributed by atoms with Crippen LogP contribution in [0.1, 0.15) is 58.3 Å². The van der Waals surface area contributed by atoms with E-state index in [2.05, 4.69) is 41.8 Å². The zero-order valence-electron chi connectivity index (χ0n) is 12.1. The lowest BCUT2D eigenvalue weighted by Crippen LogP contribution is -2.23. The number of imidazole rings is 1. The molecule has 0 aliphatic heterocycles. The van der Waals surface area contributed by atoms with E-state index in [1.807, 2.05) is 11.8 Å². The predicted octanol–water partition coefficient (Wildman–Crippen LogP) is 4.14. The van der Waals surface area contributed by atoms with Crippen LogP contribution < -0.4 is 4.57 Å².